The number of hydrogen-bond donors (Lipinski definition) is 3. The Labute approximate surface area is 139 Å². The van der Waals surface area contributed by atoms with Crippen LogP contribution in [0.3, 0.4) is 0 Å². The monoisotopic (exact) mass is 332 g/mol. The van der Waals surface area contributed by atoms with Crippen LogP contribution in [0, 0.1) is 0 Å². The number of carbonyl (C=O) groups is 2. The molecule has 1 aliphatic heterocycles. The van der Waals surface area contributed by atoms with Gasteiger partial charge in [0.1, 0.15) is 0 Å². The second kappa shape index (κ2) is 9.90. The van der Waals surface area contributed by atoms with Crippen LogP contribution >= 0.6 is 12.4 Å². The van der Waals surface area contributed by atoms with Gasteiger partial charge in [0, 0.05) is 25.2 Å². The summed E-state index contributed by atoms with van der Waals surface area (Å²) in [7, 11) is 1.78. The zero-order valence-corrected chi connectivity index (χ0v) is 14.2. The lowest BCUT2D eigenvalue weighted by Gasteiger charge is -2.33. The van der Waals surface area contributed by atoms with E-state index in [0.717, 1.165) is 38.8 Å². The van der Waals surface area contributed by atoms with Crippen LogP contribution in [0.1, 0.15) is 44.9 Å². The number of nitrogens with zero attached hydrogens (tertiary/aromatic N) is 1. The number of halogens is 1. The van der Waals surface area contributed by atoms with Crippen LogP contribution in [0.15, 0.2) is 0 Å². The molecule has 0 aromatic heterocycles. The molecule has 1 saturated carbocycles. The summed E-state index contributed by atoms with van der Waals surface area (Å²) in [6.07, 6.45) is 7.61. The van der Waals surface area contributed by atoms with Crippen LogP contribution in [0.25, 0.3) is 0 Å². The smallest absolute Gasteiger partial charge is 0.315 e. The minimum absolute atomic E-state index is 0. The summed E-state index contributed by atoms with van der Waals surface area (Å²) in [4.78, 5) is 25.6. The molecule has 6 nitrogen and oxygen atoms in total. The van der Waals surface area contributed by atoms with Crippen LogP contribution < -0.4 is 16.0 Å². The van der Waals surface area contributed by atoms with Crippen molar-refractivity contribution in [2.75, 3.05) is 26.7 Å². The van der Waals surface area contributed by atoms with Gasteiger partial charge in [0.2, 0.25) is 5.91 Å². The Bertz CT molecular complexity index is 353. The number of piperidine rings is 1. The summed E-state index contributed by atoms with van der Waals surface area (Å²) in [6.45, 7) is 1.85. The van der Waals surface area contributed by atoms with E-state index >= 15 is 0 Å². The quantitative estimate of drug-likeness (QED) is 0.725. The fourth-order valence-electron chi connectivity index (χ4n) is 3.20. The number of hydrogen-bond acceptors (Lipinski definition) is 3. The highest BCUT2D eigenvalue weighted by Gasteiger charge is 2.24. The summed E-state index contributed by atoms with van der Waals surface area (Å²) < 4.78 is 0. The Morgan fingerprint density at radius 2 is 1.50 bits per heavy atom. The maximum absolute atomic E-state index is 12.0. The Balaban J connectivity index is 0.00000242. The van der Waals surface area contributed by atoms with Gasteiger partial charge < -0.3 is 20.9 Å². The molecule has 7 heteroatoms. The van der Waals surface area contributed by atoms with Gasteiger partial charge in [0.25, 0.3) is 0 Å². The van der Waals surface area contributed by atoms with Crippen molar-refractivity contribution in [3.63, 3.8) is 0 Å². The summed E-state index contributed by atoms with van der Waals surface area (Å²) in [5.74, 6) is 0.141. The van der Waals surface area contributed by atoms with E-state index in [2.05, 4.69) is 16.0 Å². The van der Waals surface area contributed by atoms with E-state index < -0.39 is 0 Å². The lowest BCUT2D eigenvalue weighted by molar-refractivity contribution is -0.131. The number of carbonyl (C=O) groups excluding carboxylic acids is 2. The molecule has 2 aliphatic rings. The van der Waals surface area contributed by atoms with E-state index in [1.165, 1.54) is 19.3 Å². The summed E-state index contributed by atoms with van der Waals surface area (Å²) >= 11 is 0. The molecule has 1 aliphatic carbocycles. The molecule has 0 spiro atoms. The fourth-order valence-corrected chi connectivity index (χ4v) is 3.20. The van der Waals surface area contributed by atoms with Crippen molar-refractivity contribution >= 4 is 24.3 Å². The van der Waals surface area contributed by atoms with Crippen LogP contribution in [-0.2, 0) is 4.79 Å². The zero-order valence-electron chi connectivity index (χ0n) is 13.4. The fraction of sp³-hybridized carbons (Fsp3) is 0.867. The predicted octanol–water partition coefficient (Wildman–Crippen LogP) is 1.25. The Morgan fingerprint density at radius 3 is 2.05 bits per heavy atom. The molecule has 0 aromatic carbocycles. The van der Waals surface area contributed by atoms with Crippen molar-refractivity contribution in [3.05, 3.63) is 0 Å². The highest BCUT2D eigenvalue weighted by Crippen LogP contribution is 2.17. The average Bonchev–Trinajstić information content (AvgIpc) is 2.49. The van der Waals surface area contributed by atoms with Crippen molar-refractivity contribution in [1.82, 2.24) is 20.9 Å². The van der Waals surface area contributed by atoms with Gasteiger partial charge in [-0.3, -0.25) is 4.79 Å². The molecule has 0 unspecified atom stereocenters. The van der Waals surface area contributed by atoms with Gasteiger partial charge in [0.15, 0.2) is 0 Å². The van der Waals surface area contributed by atoms with Crippen molar-refractivity contribution < 1.29 is 9.59 Å². The number of nitrogens with one attached hydrogen (secondary N) is 3. The van der Waals surface area contributed by atoms with Gasteiger partial charge in [-0.1, -0.05) is 19.3 Å². The molecule has 22 heavy (non-hydrogen) atoms. The minimum atomic E-state index is -0.0399. The first-order chi connectivity index (χ1) is 10.2. The lowest BCUT2D eigenvalue weighted by atomic mass is 9.96. The molecule has 3 amide bonds. The Morgan fingerprint density at radius 1 is 0.955 bits per heavy atom. The molecule has 0 radical (unpaired) electrons. The highest BCUT2D eigenvalue weighted by molar-refractivity contribution is 5.85. The van der Waals surface area contributed by atoms with E-state index in [1.807, 2.05) is 4.90 Å². The number of likely N-dealkylation sites (N-methyl/N-ethyl adjacent to an activating group) is 1. The topological polar surface area (TPSA) is 73.5 Å². The van der Waals surface area contributed by atoms with Crippen molar-refractivity contribution in [2.45, 2.75) is 57.0 Å². The van der Waals surface area contributed by atoms with Gasteiger partial charge in [-0.25, -0.2) is 4.79 Å². The van der Waals surface area contributed by atoms with Gasteiger partial charge in [0.05, 0.1) is 6.54 Å². The van der Waals surface area contributed by atoms with Crippen molar-refractivity contribution in [3.8, 4) is 0 Å². The van der Waals surface area contributed by atoms with Gasteiger partial charge in [-0.2, -0.15) is 0 Å². The first kappa shape index (κ1) is 19.0. The molecule has 0 aromatic rings. The molecular formula is C15H29ClN4O2. The van der Waals surface area contributed by atoms with Crippen LogP contribution in [0.2, 0.25) is 0 Å². The number of rotatable bonds is 4. The minimum Gasteiger partial charge on any atom is -0.341 e. The van der Waals surface area contributed by atoms with Crippen molar-refractivity contribution in [1.29, 1.82) is 0 Å². The molecule has 0 bridgehead atoms. The number of urea groups is 1. The first-order valence-corrected chi connectivity index (χ1v) is 8.18. The first-order valence-electron chi connectivity index (χ1n) is 8.18. The number of likely N-dealkylation sites (tertiary alicyclic amines) is 1. The molecule has 128 valence electrons. The normalized spacial score (nSPS) is 20.1. The van der Waals surface area contributed by atoms with Crippen LogP contribution in [-0.4, -0.2) is 55.6 Å². The van der Waals surface area contributed by atoms with E-state index in [0.29, 0.717) is 12.6 Å². The molecule has 1 saturated heterocycles. The summed E-state index contributed by atoms with van der Waals surface area (Å²) in [5, 5.41) is 9.02. The predicted molar refractivity (Wildman–Crippen MR) is 89.3 cm³/mol. The standard InChI is InChI=1S/C15H28N4O2.ClH/c1-16-11-14(20)19-9-7-13(8-10-19)18-15(21)17-12-5-3-2-4-6-12;/h12-13,16H,2-11H2,1H3,(H2,17,18,21);1H. The molecule has 0 atom stereocenters. The summed E-state index contributed by atoms with van der Waals surface area (Å²) in [6, 6.07) is 0.491. The molecule has 2 rings (SSSR count). The SMILES string of the molecule is CNCC(=O)N1CCC(NC(=O)NC2CCCCC2)CC1.Cl. The highest BCUT2D eigenvalue weighted by atomic mass is 35.5. The van der Waals surface area contributed by atoms with Gasteiger partial charge in [-0.05, 0) is 32.7 Å². The average molecular weight is 333 g/mol. The van der Waals surface area contributed by atoms with E-state index in [1.54, 1.807) is 7.05 Å². The maximum atomic E-state index is 12.0. The number of amides is 3. The van der Waals surface area contributed by atoms with Gasteiger partial charge in [-0.15, -0.1) is 12.4 Å². The van der Waals surface area contributed by atoms with E-state index in [-0.39, 0.29) is 30.4 Å². The largest absolute Gasteiger partial charge is 0.341 e. The summed E-state index contributed by atoms with van der Waals surface area (Å²) in [5.41, 5.74) is 0. The van der Waals surface area contributed by atoms with E-state index in [9.17, 15) is 9.59 Å². The lowest BCUT2D eigenvalue weighted by Crippen LogP contribution is -2.51. The molecule has 2 fully saturated rings. The Kier molecular flexibility index (Phi) is 8.56. The third-order valence-electron chi connectivity index (χ3n) is 4.45. The van der Waals surface area contributed by atoms with E-state index in [4.69, 9.17) is 0 Å². The third-order valence-corrected chi connectivity index (χ3v) is 4.45. The maximum Gasteiger partial charge on any atom is 0.315 e. The second-order valence-corrected chi connectivity index (χ2v) is 6.14. The molecule has 3 N–H and O–H groups in total. The van der Waals surface area contributed by atoms with Crippen LogP contribution in [0.4, 0.5) is 4.79 Å². The molecular weight excluding hydrogens is 304 g/mol. The third kappa shape index (κ3) is 6.01. The second-order valence-electron chi connectivity index (χ2n) is 6.14. The molecule has 1 heterocycles. The van der Waals surface area contributed by atoms with Crippen molar-refractivity contribution in [2.24, 2.45) is 0 Å². The van der Waals surface area contributed by atoms with Crippen LogP contribution in [0.5, 0.6) is 0 Å². The Hall–Kier alpha value is -1.01. The van der Waals surface area contributed by atoms with Gasteiger partial charge >= 0.3 is 6.03 Å². The zero-order chi connectivity index (χ0) is 15.1.